The zero-order valence-corrected chi connectivity index (χ0v) is 31.9. The Morgan fingerprint density at radius 1 is 0.370 bits per heavy atom. The molecule has 2 aliphatic heterocycles. The molecule has 0 saturated heterocycles. The van der Waals surface area contributed by atoms with Crippen LogP contribution in [0.25, 0.3) is 32.7 Å². The lowest BCUT2D eigenvalue weighted by Gasteiger charge is -2.25. The molecule has 0 saturated carbocycles. The highest BCUT2D eigenvalue weighted by Gasteiger charge is 2.28. The molecule has 8 aromatic carbocycles. The summed E-state index contributed by atoms with van der Waals surface area (Å²) >= 11 is 6.78. The van der Waals surface area contributed by atoms with Crippen LogP contribution in [-0.4, -0.2) is 10.2 Å². The van der Waals surface area contributed by atoms with E-state index in [0.29, 0.717) is 34.1 Å². The Hall–Kier alpha value is -4.80. The summed E-state index contributed by atoms with van der Waals surface area (Å²) in [7, 11) is 0. The summed E-state index contributed by atoms with van der Waals surface area (Å²) in [5.74, 6) is 2.60. The summed E-state index contributed by atoms with van der Waals surface area (Å²) in [5.41, 5.74) is 3.21. The zero-order valence-electron chi connectivity index (χ0n) is 28.6. The van der Waals surface area contributed by atoms with Crippen LogP contribution < -0.4 is 9.47 Å². The minimum absolute atomic E-state index is 0.164. The van der Waals surface area contributed by atoms with Crippen LogP contribution in [0, 0.1) is 0 Å². The van der Waals surface area contributed by atoms with Gasteiger partial charge in [-0.3, -0.25) is 0 Å². The molecule has 2 heterocycles. The number of aliphatic hydroxyl groups excluding tert-OH is 2. The van der Waals surface area contributed by atoms with Crippen molar-refractivity contribution in [1.29, 1.82) is 0 Å². The number of benzene rings is 8. The maximum atomic E-state index is 10.7. The fourth-order valence-electron chi connectivity index (χ4n) is 7.10. The van der Waals surface area contributed by atoms with Crippen molar-refractivity contribution in [2.45, 2.75) is 52.4 Å². The molecule has 8 heteroatoms. The number of rotatable bonds is 7. The first kappa shape index (κ1) is 33.7. The summed E-state index contributed by atoms with van der Waals surface area (Å²) in [6, 6.07) is 49.8. The van der Waals surface area contributed by atoms with Crippen molar-refractivity contribution in [2.24, 2.45) is 0 Å². The first-order valence-corrected chi connectivity index (χ1v) is 20.8. The summed E-state index contributed by atoms with van der Waals surface area (Å²) in [4.78, 5) is 8.86. The topological polar surface area (TPSA) is 58.9 Å². The molecular weight excluding hydrogens is 745 g/mol. The van der Waals surface area contributed by atoms with E-state index < -0.39 is 0 Å². The first-order valence-electron chi connectivity index (χ1n) is 17.5. The van der Waals surface area contributed by atoms with E-state index in [4.69, 9.17) is 9.47 Å². The van der Waals surface area contributed by atoms with Crippen LogP contribution >= 0.6 is 47.0 Å². The van der Waals surface area contributed by atoms with Crippen molar-refractivity contribution in [3.05, 3.63) is 157 Å². The van der Waals surface area contributed by atoms with Gasteiger partial charge in [0.2, 0.25) is 0 Å². The van der Waals surface area contributed by atoms with E-state index >= 15 is 0 Å². The Bertz CT molecular complexity index is 2590. The maximum absolute atomic E-state index is 10.7. The Labute approximate surface area is 329 Å². The zero-order chi connectivity index (χ0) is 36.2. The molecule has 0 aliphatic carbocycles. The highest BCUT2D eigenvalue weighted by atomic mass is 32.2. The average molecular weight is 775 g/mol. The standard InChI is InChI=1S/C46H30O4S4/c47-25-29-19-23-39-45(53-37-15-7-5-13-35(37)51-39)43(29)49-33-21-17-27-9-1-3-11-31(27)41(33)42-32-12-4-2-10-28(32)18-22-34(42)50-44-30(26-48)20-24-40-46(44)54-38-16-8-6-14-36(38)52-40/h1-24,47-48H,25-26H2. The fourth-order valence-corrected chi connectivity index (χ4v) is 11.8. The van der Waals surface area contributed by atoms with Crippen LogP contribution in [-0.2, 0) is 13.2 Å². The predicted octanol–water partition coefficient (Wildman–Crippen LogP) is 13.5. The molecule has 54 heavy (non-hydrogen) atoms. The quantitative estimate of drug-likeness (QED) is 0.166. The molecule has 4 nitrogen and oxygen atoms in total. The SMILES string of the molecule is OCc1ccc2c(c1Oc1ccc3ccccc3c1-c1c(Oc3c(CO)ccc4c3Sc3ccccc3S4)ccc3ccccc13)Sc1ccccc1S2. The third kappa shape index (κ3) is 5.85. The van der Waals surface area contributed by atoms with Crippen LogP contribution in [0.3, 0.4) is 0 Å². The number of ether oxygens (including phenoxy) is 2. The van der Waals surface area contributed by atoms with E-state index in [-0.39, 0.29) is 13.2 Å². The number of hydrogen-bond donors (Lipinski definition) is 2. The van der Waals surface area contributed by atoms with Crippen LogP contribution in [0.1, 0.15) is 11.1 Å². The minimum atomic E-state index is -0.164. The van der Waals surface area contributed by atoms with Crippen molar-refractivity contribution in [2.75, 3.05) is 0 Å². The van der Waals surface area contributed by atoms with Gasteiger partial charge >= 0.3 is 0 Å². The van der Waals surface area contributed by atoms with E-state index in [1.807, 2.05) is 36.4 Å². The molecule has 0 atom stereocenters. The minimum Gasteiger partial charge on any atom is -0.455 e. The van der Waals surface area contributed by atoms with Gasteiger partial charge in [-0.25, -0.2) is 0 Å². The Kier molecular flexibility index (Phi) is 8.83. The predicted molar refractivity (Wildman–Crippen MR) is 221 cm³/mol. The van der Waals surface area contributed by atoms with Gasteiger partial charge in [0, 0.05) is 51.6 Å². The lowest BCUT2D eigenvalue weighted by atomic mass is 9.92. The second-order valence-corrected chi connectivity index (χ2v) is 17.2. The third-order valence-electron chi connectivity index (χ3n) is 9.67. The smallest absolute Gasteiger partial charge is 0.148 e. The van der Waals surface area contributed by atoms with Crippen molar-refractivity contribution < 1.29 is 19.7 Å². The van der Waals surface area contributed by atoms with Gasteiger partial charge in [0.15, 0.2) is 0 Å². The van der Waals surface area contributed by atoms with E-state index in [9.17, 15) is 10.2 Å². The van der Waals surface area contributed by atoms with Gasteiger partial charge in [-0.2, -0.15) is 0 Å². The second kappa shape index (κ2) is 14.1. The van der Waals surface area contributed by atoms with E-state index in [0.717, 1.165) is 62.0 Å². The summed E-state index contributed by atoms with van der Waals surface area (Å²) in [5, 5.41) is 25.5. The molecule has 0 aromatic heterocycles. The molecule has 2 aliphatic rings. The van der Waals surface area contributed by atoms with Gasteiger partial charge in [-0.05, 0) is 70.1 Å². The molecule has 0 bridgehead atoms. The normalized spacial score (nSPS) is 12.9. The monoisotopic (exact) mass is 774 g/mol. The lowest BCUT2D eigenvalue weighted by Crippen LogP contribution is -2.01. The van der Waals surface area contributed by atoms with Gasteiger partial charge in [0.1, 0.15) is 23.0 Å². The molecule has 10 rings (SSSR count). The molecule has 8 aromatic rings. The number of fused-ring (bicyclic) bond motifs is 6. The Morgan fingerprint density at radius 3 is 1.19 bits per heavy atom. The van der Waals surface area contributed by atoms with Gasteiger partial charge in [0.05, 0.1) is 23.0 Å². The van der Waals surface area contributed by atoms with E-state index in [1.165, 1.54) is 9.79 Å². The highest BCUT2D eigenvalue weighted by molar-refractivity contribution is 8.05. The van der Waals surface area contributed by atoms with Crippen LogP contribution in [0.4, 0.5) is 0 Å². The van der Waals surface area contributed by atoms with E-state index in [1.54, 1.807) is 47.0 Å². The van der Waals surface area contributed by atoms with Crippen molar-refractivity contribution in [3.8, 4) is 34.1 Å². The summed E-state index contributed by atoms with van der Waals surface area (Å²) < 4.78 is 14.3. The molecule has 0 fully saturated rings. The molecular formula is C46H30O4S4. The number of aliphatic hydroxyl groups is 2. The van der Waals surface area contributed by atoms with Crippen LogP contribution in [0.15, 0.2) is 185 Å². The van der Waals surface area contributed by atoms with Gasteiger partial charge < -0.3 is 19.7 Å². The molecule has 0 spiro atoms. The largest absolute Gasteiger partial charge is 0.455 e. The Balaban J connectivity index is 1.19. The lowest BCUT2D eigenvalue weighted by molar-refractivity contribution is 0.275. The van der Waals surface area contributed by atoms with Gasteiger partial charge in [0.25, 0.3) is 0 Å². The Morgan fingerprint density at radius 2 is 0.759 bits per heavy atom. The van der Waals surface area contributed by atoms with Gasteiger partial charge in [-0.15, -0.1) is 0 Å². The highest BCUT2D eigenvalue weighted by Crippen LogP contribution is 2.57. The molecule has 262 valence electrons. The third-order valence-corrected chi connectivity index (χ3v) is 14.8. The average Bonchev–Trinajstić information content (AvgIpc) is 3.22. The van der Waals surface area contributed by atoms with Gasteiger partial charge in [-0.1, -0.05) is 144 Å². The fraction of sp³-hybridized carbons (Fsp3) is 0.0435. The van der Waals surface area contributed by atoms with Crippen LogP contribution in [0.5, 0.6) is 23.0 Å². The first-order chi connectivity index (χ1) is 26.7. The summed E-state index contributed by atoms with van der Waals surface area (Å²) in [6.07, 6.45) is 0. The second-order valence-electron chi connectivity index (χ2n) is 12.9. The van der Waals surface area contributed by atoms with Crippen LogP contribution in [0.2, 0.25) is 0 Å². The van der Waals surface area contributed by atoms with Crippen molar-refractivity contribution >= 4 is 68.6 Å². The maximum Gasteiger partial charge on any atom is 0.148 e. The molecule has 0 radical (unpaired) electrons. The number of hydrogen-bond acceptors (Lipinski definition) is 8. The van der Waals surface area contributed by atoms with Crippen molar-refractivity contribution in [3.63, 3.8) is 0 Å². The van der Waals surface area contributed by atoms with Crippen molar-refractivity contribution in [1.82, 2.24) is 0 Å². The van der Waals surface area contributed by atoms with E-state index in [2.05, 4.69) is 109 Å². The summed E-state index contributed by atoms with van der Waals surface area (Å²) in [6.45, 7) is -0.328. The molecule has 0 amide bonds. The molecule has 2 N–H and O–H groups in total. The molecule has 0 unspecified atom stereocenters.